The molecule has 0 spiro atoms. The molecule has 0 unspecified atom stereocenters. The summed E-state index contributed by atoms with van der Waals surface area (Å²) in [5.41, 5.74) is -0.541. The second kappa shape index (κ2) is 5.07. The summed E-state index contributed by atoms with van der Waals surface area (Å²) in [7, 11) is 0. The molecule has 1 amide bonds. The van der Waals surface area contributed by atoms with E-state index < -0.39 is 17.7 Å². The van der Waals surface area contributed by atoms with Crippen molar-refractivity contribution in [3.05, 3.63) is 24.5 Å². The zero-order chi connectivity index (χ0) is 14.0. The molecule has 0 bridgehead atoms. The number of aromatic nitrogens is 1. The average Bonchev–Trinajstić information content (AvgIpc) is 2.97. The highest BCUT2D eigenvalue weighted by atomic mass is 16.6. The first-order chi connectivity index (χ1) is 8.88. The van der Waals surface area contributed by atoms with Gasteiger partial charge >= 0.3 is 6.09 Å². The highest BCUT2D eigenvalue weighted by Crippen LogP contribution is 2.22. The molecule has 2 rings (SSSR count). The molecule has 1 atom stereocenters. The Morgan fingerprint density at radius 3 is 2.42 bits per heavy atom. The Morgan fingerprint density at radius 1 is 1.21 bits per heavy atom. The summed E-state index contributed by atoms with van der Waals surface area (Å²) in [5.74, 6) is -0.0756. The van der Waals surface area contributed by atoms with Crippen molar-refractivity contribution in [2.45, 2.75) is 45.3 Å². The number of amides is 1. The minimum absolute atomic E-state index is 0.0756. The van der Waals surface area contributed by atoms with Crippen molar-refractivity contribution in [3.8, 4) is 0 Å². The van der Waals surface area contributed by atoms with Gasteiger partial charge in [0.2, 0.25) is 0 Å². The van der Waals surface area contributed by atoms with Gasteiger partial charge in [-0.15, -0.1) is 0 Å². The van der Waals surface area contributed by atoms with Gasteiger partial charge in [-0.05, 0) is 45.7 Å². The molecule has 5 heteroatoms. The predicted molar refractivity (Wildman–Crippen MR) is 71.0 cm³/mol. The van der Waals surface area contributed by atoms with E-state index in [0.29, 0.717) is 13.0 Å². The smallest absolute Gasteiger partial charge is 0.410 e. The van der Waals surface area contributed by atoms with Crippen LogP contribution in [0.3, 0.4) is 0 Å². The molecular formula is C14H20N2O3. The fourth-order valence-corrected chi connectivity index (χ4v) is 2.22. The quantitative estimate of drug-likeness (QED) is 0.783. The summed E-state index contributed by atoms with van der Waals surface area (Å²) in [6.45, 7) is 6.05. The molecule has 1 aliphatic heterocycles. The first-order valence-electron chi connectivity index (χ1n) is 6.55. The van der Waals surface area contributed by atoms with Crippen molar-refractivity contribution < 1.29 is 14.3 Å². The SMILES string of the molecule is CC(C)(C)OC(=O)N1CCC[C@H]1C(=O)n1cccc1. The standard InChI is InChI=1S/C14H20N2O3/c1-14(2,3)19-13(18)16-10-6-7-11(16)12(17)15-8-4-5-9-15/h4-5,8-9,11H,6-7,10H2,1-3H3/t11-/m0/s1. The van der Waals surface area contributed by atoms with E-state index >= 15 is 0 Å². The van der Waals surface area contributed by atoms with E-state index in [1.54, 1.807) is 24.5 Å². The van der Waals surface area contributed by atoms with Gasteiger partial charge in [0, 0.05) is 18.9 Å². The number of carbonyl (C=O) groups is 2. The van der Waals surface area contributed by atoms with Crippen LogP contribution < -0.4 is 0 Å². The largest absolute Gasteiger partial charge is 0.444 e. The van der Waals surface area contributed by atoms with E-state index in [1.165, 1.54) is 9.47 Å². The van der Waals surface area contributed by atoms with E-state index in [1.807, 2.05) is 20.8 Å². The van der Waals surface area contributed by atoms with Gasteiger partial charge in [-0.3, -0.25) is 14.3 Å². The summed E-state index contributed by atoms with van der Waals surface area (Å²) in [4.78, 5) is 25.9. The summed E-state index contributed by atoms with van der Waals surface area (Å²) in [5, 5.41) is 0. The molecule has 0 saturated carbocycles. The zero-order valence-corrected chi connectivity index (χ0v) is 11.6. The number of carbonyl (C=O) groups excluding carboxylic acids is 2. The maximum atomic E-state index is 12.3. The summed E-state index contributed by atoms with van der Waals surface area (Å²) >= 11 is 0. The van der Waals surface area contributed by atoms with Crippen molar-refractivity contribution in [1.29, 1.82) is 0 Å². The molecule has 1 fully saturated rings. The zero-order valence-electron chi connectivity index (χ0n) is 11.6. The van der Waals surface area contributed by atoms with E-state index in [0.717, 1.165) is 6.42 Å². The van der Waals surface area contributed by atoms with Gasteiger partial charge in [0.25, 0.3) is 5.91 Å². The molecule has 104 valence electrons. The number of ether oxygens (including phenoxy) is 1. The van der Waals surface area contributed by atoms with Crippen molar-refractivity contribution in [2.24, 2.45) is 0 Å². The number of likely N-dealkylation sites (tertiary alicyclic amines) is 1. The predicted octanol–water partition coefficient (Wildman–Crippen LogP) is 2.53. The van der Waals surface area contributed by atoms with Gasteiger partial charge in [0.1, 0.15) is 11.6 Å². The van der Waals surface area contributed by atoms with Crippen LogP contribution in [-0.4, -0.2) is 39.7 Å². The van der Waals surface area contributed by atoms with Crippen LogP contribution in [0, 0.1) is 0 Å². The summed E-state index contributed by atoms with van der Waals surface area (Å²) in [6.07, 6.45) is 4.52. The second-order valence-corrected chi connectivity index (χ2v) is 5.76. The molecule has 1 saturated heterocycles. The molecule has 0 aliphatic carbocycles. The third kappa shape index (κ3) is 3.16. The Bertz CT molecular complexity index is 460. The van der Waals surface area contributed by atoms with Crippen LogP contribution >= 0.6 is 0 Å². The van der Waals surface area contributed by atoms with Crippen LogP contribution in [-0.2, 0) is 4.74 Å². The molecule has 0 N–H and O–H groups in total. The number of nitrogens with zero attached hydrogens (tertiary/aromatic N) is 2. The van der Waals surface area contributed by atoms with E-state index in [4.69, 9.17) is 4.74 Å². The fraction of sp³-hybridized carbons (Fsp3) is 0.571. The molecule has 0 radical (unpaired) electrons. The molecular weight excluding hydrogens is 244 g/mol. The third-order valence-electron chi connectivity index (χ3n) is 3.02. The van der Waals surface area contributed by atoms with Gasteiger partial charge in [0.15, 0.2) is 0 Å². The van der Waals surface area contributed by atoms with Crippen molar-refractivity contribution in [1.82, 2.24) is 9.47 Å². The Balaban J connectivity index is 2.09. The minimum atomic E-state index is -0.541. The monoisotopic (exact) mass is 264 g/mol. The van der Waals surface area contributed by atoms with Gasteiger partial charge in [-0.25, -0.2) is 4.79 Å². The normalized spacial score (nSPS) is 19.5. The number of hydrogen-bond donors (Lipinski definition) is 0. The van der Waals surface area contributed by atoms with Crippen LogP contribution in [0.15, 0.2) is 24.5 Å². The van der Waals surface area contributed by atoms with Crippen LogP contribution in [0.25, 0.3) is 0 Å². The van der Waals surface area contributed by atoms with E-state index in [9.17, 15) is 9.59 Å². The Labute approximate surface area is 113 Å². The van der Waals surface area contributed by atoms with Gasteiger partial charge in [-0.2, -0.15) is 0 Å². The molecule has 1 aromatic heterocycles. The summed E-state index contributed by atoms with van der Waals surface area (Å²) < 4.78 is 6.87. The lowest BCUT2D eigenvalue weighted by Gasteiger charge is -2.27. The Morgan fingerprint density at radius 2 is 1.84 bits per heavy atom. The second-order valence-electron chi connectivity index (χ2n) is 5.76. The summed E-state index contributed by atoms with van der Waals surface area (Å²) in [6, 6.07) is 3.18. The molecule has 2 heterocycles. The average molecular weight is 264 g/mol. The maximum absolute atomic E-state index is 12.3. The van der Waals surface area contributed by atoms with Crippen molar-refractivity contribution >= 4 is 12.0 Å². The van der Waals surface area contributed by atoms with Gasteiger partial charge < -0.3 is 4.74 Å². The van der Waals surface area contributed by atoms with Gasteiger partial charge in [0.05, 0.1) is 0 Å². The first kappa shape index (κ1) is 13.6. The van der Waals surface area contributed by atoms with E-state index in [2.05, 4.69) is 0 Å². The molecule has 0 aromatic carbocycles. The third-order valence-corrected chi connectivity index (χ3v) is 3.02. The van der Waals surface area contributed by atoms with Crippen LogP contribution in [0.1, 0.15) is 38.4 Å². The lowest BCUT2D eigenvalue weighted by molar-refractivity contribution is 0.0210. The Kier molecular flexibility index (Phi) is 3.64. The lowest BCUT2D eigenvalue weighted by atomic mass is 10.2. The van der Waals surface area contributed by atoms with Crippen LogP contribution in [0.5, 0.6) is 0 Å². The number of rotatable bonds is 1. The molecule has 1 aliphatic rings. The highest BCUT2D eigenvalue weighted by molar-refractivity contribution is 5.88. The maximum Gasteiger partial charge on any atom is 0.410 e. The molecule has 1 aromatic rings. The fourth-order valence-electron chi connectivity index (χ4n) is 2.22. The topological polar surface area (TPSA) is 51.5 Å². The van der Waals surface area contributed by atoms with Crippen molar-refractivity contribution in [3.63, 3.8) is 0 Å². The minimum Gasteiger partial charge on any atom is -0.444 e. The number of hydrogen-bond acceptors (Lipinski definition) is 3. The molecule has 5 nitrogen and oxygen atoms in total. The van der Waals surface area contributed by atoms with Crippen molar-refractivity contribution in [2.75, 3.05) is 6.54 Å². The lowest BCUT2D eigenvalue weighted by Crippen LogP contribution is -2.44. The Hall–Kier alpha value is -1.78. The van der Waals surface area contributed by atoms with Gasteiger partial charge in [-0.1, -0.05) is 0 Å². The first-order valence-corrected chi connectivity index (χ1v) is 6.55. The molecule has 19 heavy (non-hydrogen) atoms. The van der Waals surface area contributed by atoms with Crippen LogP contribution in [0.2, 0.25) is 0 Å². The highest BCUT2D eigenvalue weighted by Gasteiger charge is 2.36. The van der Waals surface area contributed by atoms with E-state index in [-0.39, 0.29) is 5.91 Å². The van der Waals surface area contributed by atoms with Crippen LogP contribution in [0.4, 0.5) is 4.79 Å².